The second-order valence-electron chi connectivity index (χ2n) is 4.84. The van der Waals surface area contributed by atoms with Gasteiger partial charge in [0.25, 0.3) is 0 Å². The van der Waals surface area contributed by atoms with Crippen LogP contribution in [0.5, 0.6) is 0 Å². The summed E-state index contributed by atoms with van der Waals surface area (Å²) in [5, 5.41) is 3.49. The second kappa shape index (κ2) is 12.0. The Balaban J connectivity index is 2.87. The van der Waals surface area contributed by atoms with E-state index in [1.165, 1.54) is 58.0 Å². The Morgan fingerprint density at radius 1 is 0.867 bits per heavy atom. The molecule has 0 saturated heterocycles. The van der Waals surface area contributed by atoms with Crippen LogP contribution >= 0.6 is 0 Å². The number of nitrogens with two attached hydrogens (primary N) is 1. The highest BCUT2D eigenvalue weighted by Crippen LogP contribution is 2.07. The molecule has 0 saturated carbocycles. The zero-order valence-electron chi connectivity index (χ0n) is 10.7. The predicted molar refractivity (Wildman–Crippen MR) is 69.1 cm³/mol. The standard InChI is InChI=1S/C13H30N2/c1-13(2)9-5-3-7-11-15-12-8-4-6-10-14/h13,15H,3-12,14H2,1-2H3. The first-order valence-corrected chi connectivity index (χ1v) is 6.68. The molecule has 92 valence electrons. The van der Waals surface area contributed by atoms with Crippen molar-refractivity contribution < 1.29 is 0 Å². The minimum Gasteiger partial charge on any atom is -0.330 e. The fourth-order valence-electron chi connectivity index (χ4n) is 1.68. The molecule has 0 spiro atoms. The number of hydrogen-bond acceptors (Lipinski definition) is 2. The van der Waals surface area contributed by atoms with E-state index in [2.05, 4.69) is 19.2 Å². The molecule has 2 heteroatoms. The molecule has 3 N–H and O–H groups in total. The lowest BCUT2D eigenvalue weighted by molar-refractivity contribution is 0.511. The van der Waals surface area contributed by atoms with Gasteiger partial charge in [-0.05, 0) is 44.8 Å². The molecule has 2 nitrogen and oxygen atoms in total. The van der Waals surface area contributed by atoms with Gasteiger partial charge in [0.1, 0.15) is 0 Å². The van der Waals surface area contributed by atoms with Gasteiger partial charge in [0.05, 0.1) is 0 Å². The van der Waals surface area contributed by atoms with Crippen LogP contribution in [0.15, 0.2) is 0 Å². The Morgan fingerprint density at radius 3 is 2.00 bits per heavy atom. The second-order valence-corrected chi connectivity index (χ2v) is 4.84. The minimum absolute atomic E-state index is 0.842. The van der Waals surface area contributed by atoms with Gasteiger partial charge in [-0.2, -0.15) is 0 Å². The van der Waals surface area contributed by atoms with Gasteiger partial charge in [0, 0.05) is 0 Å². The van der Waals surface area contributed by atoms with Crippen LogP contribution in [0.2, 0.25) is 0 Å². The summed E-state index contributed by atoms with van der Waals surface area (Å²) in [5.74, 6) is 0.870. The summed E-state index contributed by atoms with van der Waals surface area (Å²) in [4.78, 5) is 0. The molecule has 0 unspecified atom stereocenters. The Morgan fingerprint density at radius 2 is 1.47 bits per heavy atom. The van der Waals surface area contributed by atoms with E-state index in [9.17, 15) is 0 Å². The van der Waals surface area contributed by atoms with E-state index < -0.39 is 0 Å². The Labute approximate surface area is 96.0 Å². The maximum absolute atomic E-state index is 5.43. The SMILES string of the molecule is CC(C)CCCCCNCCCCCN. The number of hydrogen-bond donors (Lipinski definition) is 2. The van der Waals surface area contributed by atoms with Crippen LogP contribution in [-0.2, 0) is 0 Å². The summed E-state index contributed by atoms with van der Waals surface area (Å²) in [6.07, 6.45) is 9.23. The monoisotopic (exact) mass is 214 g/mol. The molecule has 0 radical (unpaired) electrons. The highest BCUT2D eigenvalue weighted by molar-refractivity contribution is 4.52. The first-order chi connectivity index (χ1) is 7.27. The molecule has 0 aliphatic heterocycles. The lowest BCUT2D eigenvalue weighted by Gasteiger charge is -2.05. The van der Waals surface area contributed by atoms with E-state index in [0.717, 1.165) is 12.5 Å². The van der Waals surface area contributed by atoms with Crippen molar-refractivity contribution >= 4 is 0 Å². The van der Waals surface area contributed by atoms with Crippen LogP contribution in [0.25, 0.3) is 0 Å². The molecule has 0 aromatic heterocycles. The normalized spacial score (nSPS) is 11.2. The average Bonchev–Trinajstić information content (AvgIpc) is 2.20. The first-order valence-electron chi connectivity index (χ1n) is 6.68. The molecule has 0 rings (SSSR count). The van der Waals surface area contributed by atoms with Crippen LogP contribution in [0, 0.1) is 5.92 Å². The number of unbranched alkanes of at least 4 members (excludes halogenated alkanes) is 4. The van der Waals surface area contributed by atoms with Gasteiger partial charge in [-0.3, -0.25) is 0 Å². The van der Waals surface area contributed by atoms with Gasteiger partial charge in [-0.1, -0.05) is 39.5 Å². The molecule has 0 aromatic rings. The molecular weight excluding hydrogens is 184 g/mol. The van der Waals surface area contributed by atoms with Gasteiger partial charge in [0.15, 0.2) is 0 Å². The summed E-state index contributed by atoms with van der Waals surface area (Å²) in [7, 11) is 0. The van der Waals surface area contributed by atoms with E-state index in [4.69, 9.17) is 5.73 Å². The van der Waals surface area contributed by atoms with Crippen molar-refractivity contribution in [2.45, 2.75) is 58.8 Å². The summed E-state index contributed by atoms with van der Waals surface area (Å²) < 4.78 is 0. The molecule has 0 bridgehead atoms. The molecular formula is C13H30N2. The minimum atomic E-state index is 0.842. The molecule has 15 heavy (non-hydrogen) atoms. The van der Waals surface area contributed by atoms with Gasteiger partial charge < -0.3 is 11.1 Å². The van der Waals surface area contributed by atoms with Gasteiger partial charge >= 0.3 is 0 Å². The molecule has 0 heterocycles. The maximum Gasteiger partial charge on any atom is -0.00489 e. The highest BCUT2D eigenvalue weighted by atomic mass is 14.8. The molecule has 0 aliphatic rings. The molecule has 0 atom stereocenters. The largest absolute Gasteiger partial charge is 0.330 e. The van der Waals surface area contributed by atoms with Crippen molar-refractivity contribution in [1.29, 1.82) is 0 Å². The third kappa shape index (κ3) is 13.9. The van der Waals surface area contributed by atoms with Crippen molar-refractivity contribution in [3.05, 3.63) is 0 Å². The van der Waals surface area contributed by atoms with Crippen LogP contribution in [-0.4, -0.2) is 19.6 Å². The Bertz CT molecular complexity index is 113. The van der Waals surface area contributed by atoms with Gasteiger partial charge in [0.2, 0.25) is 0 Å². The quantitative estimate of drug-likeness (QED) is 0.519. The Kier molecular flexibility index (Phi) is 11.9. The highest BCUT2D eigenvalue weighted by Gasteiger charge is 1.94. The van der Waals surface area contributed by atoms with Crippen molar-refractivity contribution in [3.63, 3.8) is 0 Å². The summed E-state index contributed by atoms with van der Waals surface area (Å²) in [6.45, 7) is 7.81. The molecule has 0 amide bonds. The topological polar surface area (TPSA) is 38.0 Å². The van der Waals surface area contributed by atoms with E-state index >= 15 is 0 Å². The van der Waals surface area contributed by atoms with Crippen molar-refractivity contribution in [1.82, 2.24) is 5.32 Å². The molecule has 0 fully saturated rings. The smallest absolute Gasteiger partial charge is 0.00489 e. The third-order valence-electron chi connectivity index (χ3n) is 2.69. The average molecular weight is 214 g/mol. The fourth-order valence-corrected chi connectivity index (χ4v) is 1.68. The van der Waals surface area contributed by atoms with E-state index in [0.29, 0.717) is 0 Å². The molecule has 0 aliphatic carbocycles. The van der Waals surface area contributed by atoms with Crippen LogP contribution in [0.4, 0.5) is 0 Å². The third-order valence-corrected chi connectivity index (χ3v) is 2.69. The number of rotatable bonds is 11. The lowest BCUT2D eigenvalue weighted by atomic mass is 10.1. The first kappa shape index (κ1) is 14.9. The van der Waals surface area contributed by atoms with Crippen molar-refractivity contribution in [2.75, 3.05) is 19.6 Å². The van der Waals surface area contributed by atoms with Gasteiger partial charge in [-0.25, -0.2) is 0 Å². The fraction of sp³-hybridized carbons (Fsp3) is 1.00. The zero-order chi connectivity index (χ0) is 11.4. The van der Waals surface area contributed by atoms with Gasteiger partial charge in [-0.15, -0.1) is 0 Å². The van der Waals surface area contributed by atoms with Crippen molar-refractivity contribution in [2.24, 2.45) is 11.7 Å². The van der Waals surface area contributed by atoms with Crippen LogP contribution in [0.1, 0.15) is 58.8 Å². The van der Waals surface area contributed by atoms with E-state index in [-0.39, 0.29) is 0 Å². The predicted octanol–water partition coefficient (Wildman–Crippen LogP) is 2.92. The summed E-state index contributed by atoms with van der Waals surface area (Å²) in [6, 6.07) is 0. The number of nitrogens with one attached hydrogen (secondary N) is 1. The van der Waals surface area contributed by atoms with E-state index in [1.807, 2.05) is 0 Å². The molecule has 0 aromatic carbocycles. The van der Waals surface area contributed by atoms with Crippen LogP contribution < -0.4 is 11.1 Å². The Hall–Kier alpha value is -0.0800. The van der Waals surface area contributed by atoms with Crippen molar-refractivity contribution in [3.8, 4) is 0 Å². The maximum atomic E-state index is 5.43. The summed E-state index contributed by atoms with van der Waals surface area (Å²) in [5.41, 5.74) is 5.43. The zero-order valence-corrected chi connectivity index (χ0v) is 10.7. The lowest BCUT2D eigenvalue weighted by Crippen LogP contribution is -2.16. The van der Waals surface area contributed by atoms with E-state index in [1.54, 1.807) is 0 Å². The van der Waals surface area contributed by atoms with Crippen LogP contribution in [0.3, 0.4) is 0 Å². The summed E-state index contributed by atoms with van der Waals surface area (Å²) >= 11 is 0.